The van der Waals surface area contributed by atoms with Gasteiger partial charge in [0.1, 0.15) is 0 Å². The summed E-state index contributed by atoms with van der Waals surface area (Å²) in [4.78, 5) is 13.1. The molecule has 20 heavy (non-hydrogen) atoms. The van der Waals surface area contributed by atoms with E-state index in [1.54, 1.807) is 0 Å². The van der Waals surface area contributed by atoms with Crippen LogP contribution in [0.25, 0.3) is 0 Å². The molecule has 110 valence electrons. The fourth-order valence-electron chi connectivity index (χ4n) is 2.85. The summed E-state index contributed by atoms with van der Waals surface area (Å²) in [6.45, 7) is 4.79. The van der Waals surface area contributed by atoms with Gasteiger partial charge in [0.25, 0.3) is 0 Å². The van der Waals surface area contributed by atoms with Crippen LogP contribution in [0.5, 0.6) is 0 Å². The Bertz CT molecular complexity index is 444. The maximum absolute atomic E-state index is 12.5. The molecular weight excluding hydrogens is 314 g/mol. The lowest BCUT2D eigenvalue weighted by atomic mass is 9.83. The van der Waals surface area contributed by atoms with Crippen LogP contribution in [0.3, 0.4) is 0 Å². The van der Waals surface area contributed by atoms with E-state index in [4.69, 9.17) is 0 Å². The van der Waals surface area contributed by atoms with E-state index in [-0.39, 0.29) is 5.91 Å². The Balaban J connectivity index is 1.91. The molecule has 1 fully saturated rings. The average molecular weight is 338 g/mol. The van der Waals surface area contributed by atoms with Crippen molar-refractivity contribution >= 4 is 21.8 Å². The number of nitrogens with one attached hydrogen (secondary N) is 1. The number of alkyl halides is 1. The van der Waals surface area contributed by atoms with Crippen molar-refractivity contribution in [2.75, 3.05) is 6.54 Å². The summed E-state index contributed by atoms with van der Waals surface area (Å²) in [5, 5.41) is 3.15. The van der Waals surface area contributed by atoms with E-state index >= 15 is 0 Å². The number of hydrogen-bond donors (Lipinski definition) is 1. The minimum absolute atomic E-state index is 0.125. The van der Waals surface area contributed by atoms with E-state index in [2.05, 4.69) is 21.2 Å². The second-order valence-corrected chi connectivity index (χ2v) is 7.63. The third-order valence-corrected chi connectivity index (χ3v) is 5.16. The molecular formula is C17H24BrNO. The summed E-state index contributed by atoms with van der Waals surface area (Å²) in [6, 6.07) is 10.0. The maximum atomic E-state index is 12.5. The molecule has 1 N–H and O–H groups in total. The Morgan fingerprint density at radius 2 is 2.00 bits per heavy atom. The summed E-state index contributed by atoms with van der Waals surface area (Å²) in [5.74, 6) is 0.740. The Morgan fingerprint density at radius 3 is 2.65 bits per heavy atom. The normalized spacial score (nSPS) is 23.4. The molecule has 1 aliphatic carbocycles. The van der Waals surface area contributed by atoms with Gasteiger partial charge in [-0.1, -0.05) is 52.7 Å². The van der Waals surface area contributed by atoms with E-state index in [1.807, 2.05) is 44.2 Å². The highest BCUT2D eigenvalue weighted by Gasteiger charge is 2.30. The lowest BCUT2D eigenvalue weighted by Gasteiger charge is -2.29. The molecule has 0 bridgehead atoms. The van der Waals surface area contributed by atoms with Gasteiger partial charge in [-0.25, -0.2) is 0 Å². The Hall–Kier alpha value is -0.830. The van der Waals surface area contributed by atoms with Gasteiger partial charge in [0.2, 0.25) is 5.91 Å². The number of carbonyl (C=O) groups excluding carboxylic acids is 1. The predicted molar refractivity (Wildman–Crippen MR) is 87.2 cm³/mol. The molecule has 1 aromatic carbocycles. The molecule has 2 rings (SSSR count). The monoisotopic (exact) mass is 337 g/mol. The molecule has 2 atom stereocenters. The van der Waals surface area contributed by atoms with Crippen LogP contribution in [0.4, 0.5) is 0 Å². The Labute approximate surface area is 130 Å². The van der Waals surface area contributed by atoms with Crippen LogP contribution in [0.1, 0.15) is 45.1 Å². The minimum Gasteiger partial charge on any atom is -0.355 e. The van der Waals surface area contributed by atoms with E-state index in [1.165, 1.54) is 25.7 Å². The first-order chi connectivity index (χ1) is 9.50. The SMILES string of the molecule is CC(C)(C(=O)NCC1CCCC(Br)C1)c1ccccc1. The number of carbonyl (C=O) groups is 1. The van der Waals surface area contributed by atoms with Crippen molar-refractivity contribution in [3.63, 3.8) is 0 Å². The molecule has 1 aromatic rings. The van der Waals surface area contributed by atoms with Gasteiger partial charge in [0, 0.05) is 11.4 Å². The van der Waals surface area contributed by atoms with Crippen molar-refractivity contribution < 1.29 is 4.79 Å². The van der Waals surface area contributed by atoms with Gasteiger partial charge < -0.3 is 5.32 Å². The Kier molecular flexibility index (Phi) is 5.25. The second kappa shape index (κ2) is 6.75. The third-order valence-electron chi connectivity index (χ3n) is 4.33. The lowest BCUT2D eigenvalue weighted by Crippen LogP contribution is -2.42. The summed E-state index contributed by atoms with van der Waals surface area (Å²) in [6.07, 6.45) is 4.93. The number of benzene rings is 1. The van der Waals surface area contributed by atoms with E-state index in [0.29, 0.717) is 10.7 Å². The summed E-state index contributed by atoms with van der Waals surface area (Å²) in [7, 11) is 0. The number of hydrogen-bond acceptors (Lipinski definition) is 1. The highest BCUT2D eigenvalue weighted by atomic mass is 79.9. The van der Waals surface area contributed by atoms with Gasteiger partial charge >= 0.3 is 0 Å². The zero-order chi connectivity index (χ0) is 14.6. The largest absolute Gasteiger partial charge is 0.355 e. The highest BCUT2D eigenvalue weighted by molar-refractivity contribution is 9.09. The average Bonchev–Trinajstić information content (AvgIpc) is 2.45. The quantitative estimate of drug-likeness (QED) is 0.825. The highest BCUT2D eigenvalue weighted by Crippen LogP contribution is 2.29. The predicted octanol–water partition coefficient (Wildman–Crippen LogP) is 4.03. The zero-order valence-electron chi connectivity index (χ0n) is 12.4. The van der Waals surface area contributed by atoms with Gasteiger partial charge in [-0.15, -0.1) is 0 Å². The topological polar surface area (TPSA) is 29.1 Å². The lowest BCUT2D eigenvalue weighted by molar-refractivity contribution is -0.125. The number of rotatable bonds is 4. The summed E-state index contributed by atoms with van der Waals surface area (Å²) >= 11 is 3.70. The second-order valence-electron chi connectivity index (χ2n) is 6.33. The molecule has 0 aliphatic heterocycles. The molecule has 1 saturated carbocycles. The molecule has 2 unspecified atom stereocenters. The van der Waals surface area contributed by atoms with Crippen LogP contribution >= 0.6 is 15.9 Å². The molecule has 0 radical (unpaired) electrons. The van der Waals surface area contributed by atoms with Crippen LogP contribution in [-0.2, 0) is 10.2 Å². The molecule has 0 spiro atoms. The molecule has 0 aromatic heterocycles. The first-order valence-electron chi connectivity index (χ1n) is 7.48. The summed E-state index contributed by atoms with van der Waals surface area (Å²) in [5.41, 5.74) is 0.600. The van der Waals surface area contributed by atoms with Crippen LogP contribution < -0.4 is 5.32 Å². The number of halogens is 1. The van der Waals surface area contributed by atoms with Crippen LogP contribution in [-0.4, -0.2) is 17.3 Å². The molecule has 3 heteroatoms. The fourth-order valence-corrected chi connectivity index (χ4v) is 3.71. The molecule has 1 aliphatic rings. The molecule has 0 saturated heterocycles. The molecule has 1 amide bonds. The van der Waals surface area contributed by atoms with Gasteiger partial charge in [-0.05, 0) is 44.6 Å². The van der Waals surface area contributed by atoms with Gasteiger partial charge in [0.05, 0.1) is 5.41 Å². The molecule has 0 heterocycles. The smallest absolute Gasteiger partial charge is 0.230 e. The van der Waals surface area contributed by atoms with E-state index in [9.17, 15) is 4.79 Å². The summed E-state index contributed by atoms with van der Waals surface area (Å²) < 4.78 is 0. The van der Waals surface area contributed by atoms with E-state index in [0.717, 1.165) is 12.1 Å². The van der Waals surface area contributed by atoms with Crippen LogP contribution in [0.15, 0.2) is 30.3 Å². The first-order valence-corrected chi connectivity index (χ1v) is 8.39. The molecule has 2 nitrogen and oxygen atoms in total. The van der Waals surface area contributed by atoms with Crippen LogP contribution in [0.2, 0.25) is 0 Å². The van der Waals surface area contributed by atoms with Crippen molar-refractivity contribution in [1.29, 1.82) is 0 Å². The van der Waals surface area contributed by atoms with Gasteiger partial charge in [0.15, 0.2) is 0 Å². The van der Waals surface area contributed by atoms with Crippen molar-refractivity contribution in [3.8, 4) is 0 Å². The maximum Gasteiger partial charge on any atom is 0.230 e. The fraction of sp³-hybridized carbons (Fsp3) is 0.588. The van der Waals surface area contributed by atoms with Crippen LogP contribution in [0, 0.1) is 5.92 Å². The Morgan fingerprint density at radius 1 is 1.30 bits per heavy atom. The minimum atomic E-state index is -0.469. The van der Waals surface area contributed by atoms with Gasteiger partial charge in [-0.2, -0.15) is 0 Å². The number of amides is 1. The van der Waals surface area contributed by atoms with Gasteiger partial charge in [-0.3, -0.25) is 4.79 Å². The van der Waals surface area contributed by atoms with Crippen molar-refractivity contribution in [2.45, 2.75) is 49.8 Å². The van der Waals surface area contributed by atoms with Crippen molar-refractivity contribution in [1.82, 2.24) is 5.32 Å². The van der Waals surface area contributed by atoms with Crippen molar-refractivity contribution in [3.05, 3.63) is 35.9 Å². The van der Waals surface area contributed by atoms with E-state index < -0.39 is 5.41 Å². The van der Waals surface area contributed by atoms with Crippen molar-refractivity contribution in [2.24, 2.45) is 5.92 Å². The third kappa shape index (κ3) is 3.85. The standard InChI is InChI=1S/C17H24BrNO/c1-17(2,14-8-4-3-5-9-14)16(20)19-12-13-7-6-10-15(18)11-13/h3-5,8-9,13,15H,6-7,10-12H2,1-2H3,(H,19,20). The first kappa shape index (κ1) is 15.6. The zero-order valence-corrected chi connectivity index (χ0v) is 13.9.